The first-order valence-corrected chi connectivity index (χ1v) is 11.0. The Hall–Kier alpha value is -3.08. The van der Waals surface area contributed by atoms with Crippen molar-refractivity contribution in [3.8, 4) is 5.75 Å². The van der Waals surface area contributed by atoms with E-state index in [4.69, 9.17) is 4.74 Å². The van der Waals surface area contributed by atoms with Gasteiger partial charge in [-0.2, -0.15) is 0 Å². The lowest BCUT2D eigenvalue weighted by Crippen LogP contribution is -2.30. The number of Topliss-reactive ketones (excluding diaryl/α,β-unsaturated/α-hetero) is 1. The highest BCUT2D eigenvalue weighted by Gasteiger charge is 2.45. The fourth-order valence-electron chi connectivity index (χ4n) is 3.95. The zero-order valence-corrected chi connectivity index (χ0v) is 18.7. The Labute approximate surface area is 184 Å². The minimum atomic E-state index is -0.636. The summed E-state index contributed by atoms with van der Waals surface area (Å²) >= 11 is 0. The molecule has 1 saturated heterocycles. The van der Waals surface area contributed by atoms with E-state index in [9.17, 15) is 14.7 Å². The minimum absolute atomic E-state index is 0.0363. The molecular formula is C26H31NO4. The van der Waals surface area contributed by atoms with Crippen molar-refractivity contribution < 1.29 is 19.4 Å². The van der Waals surface area contributed by atoms with Crippen molar-refractivity contribution in [3.05, 3.63) is 70.8 Å². The van der Waals surface area contributed by atoms with Crippen LogP contribution < -0.4 is 4.74 Å². The monoisotopic (exact) mass is 421 g/mol. The molecule has 3 rings (SSSR count). The summed E-state index contributed by atoms with van der Waals surface area (Å²) in [5, 5.41) is 11.1. The van der Waals surface area contributed by atoms with Crippen LogP contribution in [0.3, 0.4) is 0 Å². The molecule has 2 aromatic rings. The number of rotatable bonds is 8. The van der Waals surface area contributed by atoms with Gasteiger partial charge in [-0.25, -0.2) is 0 Å². The van der Waals surface area contributed by atoms with E-state index in [1.165, 1.54) is 0 Å². The van der Waals surface area contributed by atoms with E-state index >= 15 is 0 Å². The molecule has 5 nitrogen and oxygen atoms in total. The number of ketones is 1. The van der Waals surface area contributed by atoms with E-state index in [1.807, 2.05) is 45.0 Å². The number of benzene rings is 2. The minimum Gasteiger partial charge on any atom is -0.507 e. The first-order valence-electron chi connectivity index (χ1n) is 11.0. The predicted octanol–water partition coefficient (Wildman–Crippen LogP) is 5.39. The molecule has 0 aromatic heterocycles. The average Bonchev–Trinajstić information content (AvgIpc) is 2.98. The lowest BCUT2D eigenvalue weighted by Gasteiger charge is -2.25. The summed E-state index contributed by atoms with van der Waals surface area (Å²) in [6.45, 7) is 8.43. The van der Waals surface area contributed by atoms with Gasteiger partial charge in [-0.15, -0.1) is 0 Å². The van der Waals surface area contributed by atoms with Gasteiger partial charge in [0.1, 0.15) is 11.5 Å². The maximum Gasteiger partial charge on any atom is 0.295 e. The molecule has 31 heavy (non-hydrogen) atoms. The van der Waals surface area contributed by atoms with Crippen molar-refractivity contribution >= 4 is 17.4 Å². The second-order valence-corrected chi connectivity index (χ2v) is 8.30. The number of nitrogens with zero attached hydrogens (tertiary/aromatic N) is 1. The van der Waals surface area contributed by atoms with E-state index in [0.717, 1.165) is 30.4 Å². The van der Waals surface area contributed by atoms with Crippen molar-refractivity contribution in [2.24, 2.45) is 0 Å². The highest BCUT2D eigenvalue weighted by atomic mass is 16.5. The van der Waals surface area contributed by atoms with E-state index in [2.05, 4.69) is 6.92 Å². The van der Waals surface area contributed by atoms with Crippen molar-refractivity contribution in [3.63, 3.8) is 0 Å². The molecule has 2 aromatic carbocycles. The van der Waals surface area contributed by atoms with E-state index in [0.29, 0.717) is 17.9 Å². The van der Waals surface area contributed by atoms with Gasteiger partial charge in [-0.05, 0) is 57.0 Å². The number of aryl methyl sites for hydroxylation is 1. The predicted molar refractivity (Wildman–Crippen MR) is 122 cm³/mol. The number of unbranched alkanes of at least 4 members (excludes halogenated alkanes) is 2. The molecule has 1 N–H and O–H groups in total. The largest absolute Gasteiger partial charge is 0.507 e. The van der Waals surface area contributed by atoms with E-state index in [1.54, 1.807) is 29.2 Å². The molecule has 0 bridgehead atoms. The summed E-state index contributed by atoms with van der Waals surface area (Å²) in [6, 6.07) is 14.1. The molecule has 1 atom stereocenters. The van der Waals surface area contributed by atoms with Crippen LogP contribution >= 0.6 is 0 Å². The normalized spacial score (nSPS) is 18.1. The smallest absolute Gasteiger partial charge is 0.295 e. The van der Waals surface area contributed by atoms with Gasteiger partial charge in [0.2, 0.25) is 0 Å². The van der Waals surface area contributed by atoms with Crippen LogP contribution in [0, 0.1) is 6.92 Å². The van der Waals surface area contributed by atoms with Gasteiger partial charge in [-0.3, -0.25) is 9.59 Å². The quantitative estimate of drug-likeness (QED) is 0.268. The number of ether oxygens (including phenoxy) is 1. The third-order valence-corrected chi connectivity index (χ3v) is 5.40. The summed E-state index contributed by atoms with van der Waals surface area (Å²) in [7, 11) is 0. The zero-order chi connectivity index (χ0) is 22.5. The Kier molecular flexibility index (Phi) is 7.16. The van der Waals surface area contributed by atoms with Crippen LogP contribution in [0.5, 0.6) is 5.75 Å². The van der Waals surface area contributed by atoms with Crippen molar-refractivity contribution in [1.82, 2.24) is 4.90 Å². The summed E-state index contributed by atoms with van der Waals surface area (Å²) in [6.07, 6.45) is 2.84. The molecule has 1 unspecified atom stereocenters. The molecule has 1 aliphatic rings. The molecule has 1 amide bonds. The lowest BCUT2D eigenvalue weighted by molar-refractivity contribution is -0.139. The molecular weight excluding hydrogens is 390 g/mol. The molecule has 1 heterocycles. The fourth-order valence-corrected chi connectivity index (χ4v) is 3.95. The molecule has 0 radical (unpaired) electrons. The standard InChI is InChI=1S/C26H31NO4/c1-5-6-7-15-27-23(20-10-8-9-18(4)16-20)22(25(29)26(27)30)24(28)19-11-13-21(14-12-19)31-17(2)3/h8-14,16-17,23,28H,5-7,15H2,1-4H3/b24-22-. The molecule has 1 fully saturated rings. The highest BCUT2D eigenvalue weighted by Crippen LogP contribution is 2.40. The Balaban J connectivity index is 2.06. The van der Waals surface area contributed by atoms with Crippen LogP contribution in [0.1, 0.15) is 62.8 Å². The molecule has 5 heteroatoms. The zero-order valence-electron chi connectivity index (χ0n) is 18.7. The first kappa shape index (κ1) is 22.6. The number of aliphatic hydroxyl groups excluding tert-OH is 1. The molecule has 164 valence electrons. The molecule has 0 aliphatic carbocycles. The Morgan fingerprint density at radius 1 is 1.10 bits per heavy atom. The summed E-state index contributed by atoms with van der Waals surface area (Å²) in [5.74, 6) is -0.660. The fraction of sp³-hybridized carbons (Fsp3) is 0.385. The van der Waals surface area contributed by atoms with Gasteiger partial charge in [0, 0.05) is 12.1 Å². The van der Waals surface area contributed by atoms with Crippen molar-refractivity contribution in [1.29, 1.82) is 0 Å². The molecule has 0 saturated carbocycles. The van der Waals surface area contributed by atoms with E-state index < -0.39 is 17.7 Å². The van der Waals surface area contributed by atoms with Crippen LogP contribution in [-0.2, 0) is 9.59 Å². The SMILES string of the molecule is CCCCCN1C(=O)C(=O)/C(=C(\O)c2ccc(OC(C)C)cc2)C1c1cccc(C)c1. The Morgan fingerprint density at radius 2 is 1.81 bits per heavy atom. The van der Waals surface area contributed by atoms with Gasteiger partial charge in [0.05, 0.1) is 17.7 Å². The van der Waals surface area contributed by atoms with Gasteiger partial charge >= 0.3 is 0 Å². The van der Waals surface area contributed by atoms with Gasteiger partial charge in [-0.1, -0.05) is 49.6 Å². The number of carbonyl (C=O) groups is 2. The number of hydrogen-bond donors (Lipinski definition) is 1. The third kappa shape index (κ3) is 4.98. The van der Waals surface area contributed by atoms with Crippen molar-refractivity contribution in [2.45, 2.75) is 59.1 Å². The van der Waals surface area contributed by atoms with Gasteiger partial charge in [0.25, 0.3) is 11.7 Å². The number of aliphatic hydroxyl groups is 1. The van der Waals surface area contributed by atoms with Crippen molar-refractivity contribution in [2.75, 3.05) is 6.54 Å². The first-order chi connectivity index (χ1) is 14.8. The Bertz CT molecular complexity index is 975. The topological polar surface area (TPSA) is 66.8 Å². The second-order valence-electron chi connectivity index (χ2n) is 8.30. The summed E-state index contributed by atoms with van der Waals surface area (Å²) in [5.41, 5.74) is 2.49. The number of amides is 1. The number of hydrogen-bond acceptors (Lipinski definition) is 4. The highest BCUT2D eigenvalue weighted by molar-refractivity contribution is 6.46. The van der Waals surface area contributed by atoms with Crippen LogP contribution in [-0.4, -0.2) is 34.3 Å². The van der Waals surface area contributed by atoms with Gasteiger partial charge in [0.15, 0.2) is 0 Å². The second kappa shape index (κ2) is 9.82. The van der Waals surface area contributed by atoms with Crippen LogP contribution in [0.15, 0.2) is 54.1 Å². The Morgan fingerprint density at radius 3 is 2.42 bits per heavy atom. The molecule has 1 aliphatic heterocycles. The maximum absolute atomic E-state index is 13.0. The van der Waals surface area contributed by atoms with Crippen LogP contribution in [0.2, 0.25) is 0 Å². The van der Waals surface area contributed by atoms with Crippen LogP contribution in [0.25, 0.3) is 5.76 Å². The summed E-state index contributed by atoms with van der Waals surface area (Å²) < 4.78 is 5.66. The summed E-state index contributed by atoms with van der Waals surface area (Å²) in [4.78, 5) is 27.5. The third-order valence-electron chi connectivity index (χ3n) is 5.40. The average molecular weight is 422 g/mol. The number of carbonyl (C=O) groups excluding carboxylic acids is 2. The molecule has 0 spiro atoms. The van der Waals surface area contributed by atoms with Gasteiger partial charge < -0.3 is 14.7 Å². The van der Waals surface area contributed by atoms with E-state index in [-0.39, 0.29) is 17.4 Å². The maximum atomic E-state index is 13.0. The lowest BCUT2D eigenvalue weighted by atomic mass is 9.94. The van der Waals surface area contributed by atoms with Crippen LogP contribution in [0.4, 0.5) is 0 Å². The number of likely N-dealkylation sites (tertiary alicyclic amines) is 1.